The highest BCUT2D eigenvalue weighted by Gasteiger charge is 2.28. The number of carbonyl (C=O) groups is 2. The van der Waals surface area contributed by atoms with Crippen LogP contribution in [-0.4, -0.2) is 58.3 Å². The maximum Gasteiger partial charge on any atom is 0.271 e. The molecule has 1 saturated heterocycles. The molecule has 11 nitrogen and oxygen atoms in total. The van der Waals surface area contributed by atoms with Crippen LogP contribution in [0.1, 0.15) is 28.9 Å². The van der Waals surface area contributed by atoms with Gasteiger partial charge in [0.15, 0.2) is 11.7 Å². The van der Waals surface area contributed by atoms with E-state index in [1.54, 1.807) is 23.0 Å². The third kappa shape index (κ3) is 4.40. The van der Waals surface area contributed by atoms with Crippen LogP contribution in [0.2, 0.25) is 0 Å². The van der Waals surface area contributed by atoms with E-state index in [4.69, 9.17) is 20.9 Å². The van der Waals surface area contributed by atoms with Crippen molar-refractivity contribution < 1.29 is 19.1 Å². The second-order valence-electron chi connectivity index (χ2n) is 7.25. The number of aliphatic imine (C=N–C) groups is 1. The predicted molar refractivity (Wildman–Crippen MR) is 108 cm³/mol. The van der Waals surface area contributed by atoms with Crippen molar-refractivity contribution in [3.05, 3.63) is 35.8 Å². The minimum Gasteiger partial charge on any atom is -0.475 e. The van der Waals surface area contributed by atoms with E-state index in [1.807, 2.05) is 0 Å². The van der Waals surface area contributed by atoms with E-state index in [9.17, 15) is 9.59 Å². The van der Waals surface area contributed by atoms with Crippen molar-refractivity contribution in [3.8, 4) is 0 Å². The van der Waals surface area contributed by atoms with Crippen molar-refractivity contribution in [1.82, 2.24) is 14.8 Å². The molecule has 30 heavy (non-hydrogen) atoms. The van der Waals surface area contributed by atoms with Crippen molar-refractivity contribution in [2.75, 3.05) is 30.9 Å². The minimum absolute atomic E-state index is 0.0143. The van der Waals surface area contributed by atoms with Gasteiger partial charge in [-0.15, -0.1) is 0 Å². The molecule has 2 aromatic rings. The van der Waals surface area contributed by atoms with Gasteiger partial charge in [-0.2, -0.15) is 5.10 Å². The molecule has 11 heteroatoms. The molecule has 0 aliphatic carbocycles. The standard InChI is InChI=1S/C19H23N7O4/c20-15-7-12(1-4-22-15)19-24-14(10-30-19)18(28)23-13-9-26(25-16(13)17(21)27)8-11-2-5-29-6-3-11/h1,4,7,9,11,14H,2-3,5-6,8,10H2,(H2,20,22)(H2,21,27)(H,23,28). The highest BCUT2D eigenvalue weighted by molar-refractivity contribution is 6.05. The summed E-state index contributed by atoms with van der Waals surface area (Å²) in [4.78, 5) is 32.7. The Morgan fingerprint density at radius 1 is 1.30 bits per heavy atom. The van der Waals surface area contributed by atoms with Gasteiger partial charge in [-0.1, -0.05) is 0 Å². The summed E-state index contributed by atoms with van der Waals surface area (Å²) in [5.41, 5.74) is 12.0. The lowest BCUT2D eigenvalue weighted by atomic mass is 10.0. The number of ether oxygens (including phenoxy) is 2. The third-order valence-electron chi connectivity index (χ3n) is 5.02. The van der Waals surface area contributed by atoms with E-state index in [0.29, 0.717) is 43.0 Å². The highest BCUT2D eigenvalue weighted by Crippen LogP contribution is 2.21. The topological polar surface area (TPSA) is 160 Å². The van der Waals surface area contributed by atoms with Crippen LogP contribution in [0, 0.1) is 5.92 Å². The molecule has 1 atom stereocenters. The molecule has 0 bridgehead atoms. The van der Waals surface area contributed by atoms with Crippen molar-refractivity contribution in [2.24, 2.45) is 16.6 Å². The second-order valence-corrected chi connectivity index (χ2v) is 7.25. The van der Waals surface area contributed by atoms with Crippen molar-refractivity contribution in [1.29, 1.82) is 0 Å². The number of aromatic nitrogens is 3. The van der Waals surface area contributed by atoms with Crippen LogP contribution in [0.4, 0.5) is 11.5 Å². The molecule has 4 heterocycles. The molecule has 0 aromatic carbocycles. The zero-order chi connectivity index (χ0) is 21.1. The highest BCUT2D eigenvalue weighted by atomic mass is 16.5. The molecule has 4 rings (SSSR count). The summed E-state index contributed by atoms with van der Waals surface area (Å²) >= 11 is 0. The molecule has 2 aliphatic rings. The number of anilines is 2. The van der Waals surface area contributed by atoms with Gasteiger partial charge in [0.1, 0.15) is 12.4 Å². The van der Waals surface area contributed by atoms with Gasteiger partial charge in [0.2, 0.25) is 5.90 Å². The van der Waals surface area contributed by atoms with Gasteiger partial charge in [0.25, 0.3) is 11.8 Å². The van der Waals surface area contributed by atoms with Crippen LogP contribution >= 0.6 is 0 Å². The Morgan fingerprint density at radius 3 is 2.83 bits per heavy atom. The maximum absolute atomic E-state index is 12.7. The van der Waals surface area contributed by atoms with E-state index in [1.165, 1.54) is 6.20 Å². The average molecular weight is 413 g/mol. The number of hydrogen-bond donors (Lipinski definition) is 3. The minimum atomic E-state index is -0.769. The summed E-state index contributed by atoms with van der Waals surface area (Å²) < 4.78 is 12.5. The first-order valence-electron chi connectivity index (χ1n) is 9.68. The Morgan fingerprint density at radius 2 is 2.10 bits per heavy atom. The fourth-order valence-electron chi connectivity index (χ4n) is 3.45. The van der Waals surface area contributed by atoms with E-state index in [0.717, 1.165) is 12.8 Å². The summed E-state index contributed by atoms with van der Waals surface area (Å²) in [6.45, 7) is 2.12. The van der Waals surface area contributed by atoms with Gasteiger partial charge < -0.3 is 26.3 Å². The van der Waals surface area contributed by atoms with Crippen LogP contribution in [0.15, 0.2) is 29.5 Å². The molecule has 0 spiro atoms. The monoisotopic (exact) mass is 413 g/mol. The molecular formula is C19H23N7O4. The summed E-state index contributed by atoms with van der Waals surface area (Å²) in [5, 5.41) is 6.96. The summed E-state index contributed by atoms with van der Waals surface area (Å²) in [6.07, 6.45) is 5.00. The van der Waals surface area contributed by atoms with Gasteiger partial charge in [0.05, 0.1) is 5.69 Å². The van der Waals surface area contributed by atoms with Gasteiger partial charge >= 0.3 is 0 Å². The smallest absolute Gasteiger partial charge is 0.271 e. The molecule has 5 N–H and O–H groups in total. The number of nitrogens with two attached hydrogens (primary N) is 2. The first-order chi connectivity index (χ1) is 14.5. The fourth-order valence-corrected chi connectivity index (χ4v) is 3.45. The Bertz CT molecular complexity index is 981. The second kappa shape index (κ2) is 8.49. The quantitative estimate of drug-likeness (QED) is 0.608. The van der Waals surface area contributed by atoms with Crippen molar-refractivity contribution >= 4 is 29.2 Å². The molecule has 2 aromatic heterocycles. The van der Waals surface area contributed by atoms with Gasteiger partial charge in [0, 0.05) is 37.7 Å². The normalized spacial score (nSPS) is 19.2. The number of amides is 2. The van der Waals surface area contributed by atoms with Crippen LogP contribution in [0.25, 0.3) is 0 Å². The van der Waals surface area contributed by atoms with E-state index in [-0.39, 0.29) is 18.0 Å². The predicted octanol–water partition coefficient (Wildman–Crippen LogP) is 0.170. The summed E-state index contributed by atoms with van der Waals surface area (Å²) in [7, 11) is 0. The Balaban J connectivity index is 1.46. The summed E-state index contributed by atoms with van der Waals surface area (Å²) in [5.74, 6) is -0.0919. The Hall–Kier alpha value is -3.47. The number of nitrogens with zero attached hydrogens (tertiary/aromatic N) is 4. The van der Waals surface area contributed by atoms with E-state index in [2.05, 4.69) is 20.4 Å². The van der Waals surface area contributed by atoms with Gasteiger partial charge in [-0.25, -0.2) is 9.98 Å². The SMILES string of the molecule is NC(=O)c1nn(CC2CCOCC2)cc1NC(=O)C1COC(c2ccnc(N)c2)=N1. The Labute approximate surface area is 172 Å². The first kappa shape index (κ1) is 19.8. The number of nitrogens with one attached hydrogen (secondary N) is 1. The van der Waals surface area contributed by atoms with Crippen LogP contribution in [0.5, 0.6) is 0 Å². The maximum atomic E-state index is 12.7. The lowest BCUT2D eigenvalue weighted by molar-refractivity contribution is -0.117. The molecule has 1 fully saturated rings. The lowest BCUT2D eigenvalue weighted by Crippen LogP contribution is -2.28. The number of hydrogen-bond acceptors (Lipinski definition) is 8. The fraction of sp³-hybridized carbons (Fsp3) is 0.421. The average Bonchev–Trinajstić information content (AvgIpc) is 3.36. The largest absolute Gasteiger partial charge is 0.475 e. The Kier molecular flexibility index (Phi) is 5.61. The molecule has 158 valence electrons. The third-order valence-corrected chi connectivity index (χ3v) is 5.02. The van der Waals surface area contributed by atoms with Crippen LogP contribution < -0.4 is 16.8 Å². The number of primary amides is 1. The van der Waals surface area contributed by atoms with Crippen LogP contribution in [-0.2, 0) is 20.8 Å². The molecular weight excluding hydrogens is 390 g/mol. The molecule has 0 radical (unpaired) electrons. The van der Waals surface area contributed by atoms with Crippen molar-refractivity contribution in [2.45, 2.75) is 25.4 Å². The molecule has 2 aliphatic heterocycles. The van der Waals surface area contributed by atoms with Gasteiger partial charge in [-0.3, -0.25) is 14.3 Å². The number of carbonyl (C=O) groups excluding carboxylic acids is 2. The summed E-state index contributed by atoms with van der Waals surface area (Å²) in [6, 6.07) is 2.54. The number of rotatable bonds is 6. The van der Waals surface area contributed by atoms with Gasteiger partial charge in [-0.05, 0) is 30.9 Å². The molecule has 2 amide bonds. The zero-order valence-corrected chi connectivity index (χ0v) is 16.3. The number of nitrogen functional groups attached to an aromatic ring is 1. The molecule has 1 unspecified atom stereocenters. The molecule has 0 saturated carbocycles. The van der Waals surface area contributed by atoms with Crippen LogP contribution in [0.3, 0.4) is 0 Å². The van der Waals surface area contributed by atoms with E-state index >= 15 is 0 Å². The van der Waals surface area contributed by atoms with Crippen molar-refractivity contribution in [3.63, 3.8) is 0 Å². The zero-order valence-electron chi connectivity index (χ0n) is 16.3. The lowest BCUT2D eigenvalue weighted by Gasteiger charge is -2.21. The first-order valence-corrected chi connectivity index (χ1v) is 9.68. The van der Waals surface area contributed by atoms with E-state index < -0.39 is 17.9 Å². The number of pyridine rings is 1.